The Morgan fingerprint density at radius 3 is 3.05 bits per heavy atom. The number of benzene rings is 1. The standard InChI is InChI=1S/C16H19N3O3/c20-16(18-12-5-2-1-3-6-12)21-11-15-10-14(19-22-15)9-13-7-4-8-17-13/h1-3,5-6,10,13,17H,4,7-9,11H2,(H,18,20). The maximum absolute atomic E-state index is 11.7. The van der Waals surface area contributed by atoms with Crippen LogP contribution in [0.4, 0.5) is 10.5 Å². The number of para-hydroxylation sites is 1. The highest BCUT2D eigenvalue weighted by atomic mass is 16.6. The summed E-state index contributed by atoms with van der Waals surface area (Å²) in [5, 5.41) is 10.1. The van der Waals surface area contributed by atoms with Crippen LogP contribution in [0.25, 0.3) is 0 Å². The normalized spacial score (nSPS) is 17.4. The number of rotatable bonds is 5. The maximum Gasteiger partial charge on any atom is 0.412 e. The molecule has 22 heavy (non-hydrogen) atoms. The Kier molecular flexibility index (Phi) is 4.70. The van der Waals surface area contributed by atoms with Gasteiger partial charge in [-0.1, -0.05) is 23.4 Å². The predicted molar refractivity (Wildman–Crippen MR) is 81.5 cm³/mol. The van der Waals surface area contributed by atoms with Crippen LogP contribution in [0, 0.1) is 0 Å². The zero-order valence-corrected chi connectivity index (χ0v) is 12.2. The zero-order valence-electron chi connectivity index (χ0n) is 12.2. The number of aromatic nitrogens is 1. The molecule has 3 rings (SSSR count). The summed E-state index contributed by atoms with van der Waals surface area (Å²) in [4.78, 5) is 11.7. The van der Waals surface area contributed by atoms with Gasteiger partial charge in [0.05, 0.1) is 5.69 Å². The highest BCUT2D eigenvalue weighted by Gasteiger charge is 2.17. The van der Waals surface area contributed by atoms with Crippen LogP contribution in [0.3, 0.4) is 0 Å². The summed E-state index contributed by atoms with van der Waals surface area (Å²) in [6.45, 7) is 1.14. The first-order chi connectivity index (χ1) is 10.8. The number of hydrogen-bond donors (Lipinski definition) is 2. The fraction of sp³-hybridized carbons (Fsp3) is 0.375. The molecule has 0 bridgehead atoms. The summed E-state index contributed by atoms with van der Waals surface area (Å²) in [7, 11) is 0. The summed E-state index contributed by atoms with van der Waals surface area (Å²) >= 11 is 0. The van der Waals surface area contributed by atoms with E-state index < -0.39 is 6.09 Å². The van der Waals surface area contributed by atoms with Gasteiger partial charge in [-0.2, -0.15) is 0 Å². The lowest BCUT2D eigenvalue weighted by Crippen LogP contribution is -2.23. The third-order valence-electron chi connectivity index (χ3n) is 3.59. The van der Waals surface area contributed by atoms with E-state index in [0.717, 1.165) is 25.1 Å². The van der Waals surface area contributed by atoms with E-state index in [-0.39, 0.29) is 6.61 Å². The van der Waals surface area contributed by atoms with Gasteiger partial charge in [0.25, 0.3) is 0 Å². The van der Waals surface area contributed by atoms with Gasteiger partial charge in [0.1, 0.15) is 0 Å². The monoisotopic (exact) mass is 301 g/mol. The Labute approximate surface area is 128 Å². The minimum absolute atomic E-state index is 0.0732. The molecule has 2 aromatic rings. The lowest BCUT2D eigenvalue weighted by atomic mass is 10.1. The van der Waals surface area contributed by atoms with E-state index in [1.807, 2.05) is 24.3 Å². The lowest BCUT2D eigenvalue weighted by Gasteiger charge is -2.05. The smallest absolute Gasteiger partial charge is 0.412 e. The van der Waals surface area contributed by atoms with Crippen molar-refractivity contribution >= 4 is 11.8 Å². The number of anilines is 1. The predicted octanol–water partition coefficient (Wildman–Crippen LogP) is 2.72. The van der Waals surface area contributed by atoms with E-state index in [4.69, 9.17) is 9.26 Å². The summed E-state index contributed by atoms with van der Waals surface area (Å²) in [6.07, 6.45) is 2.71. The second kappa shape index (κ2) is 7.09. The Hall–Kier alpha value is -2.34. The minimum Gasteiger partial charge on any atom is -0.441 e. The van der Waals surface area contributed by atoms with E-state index >= 15 is 0 Å². The van der Waals surface area contributed by atoms with E-state index in [9.17, 15) is 4.79 Å². The average Bonchev–Trinajstić information content (AvgIpc) is 3.19. The number of nitrogens with one attached hydrogen (secondary N) is 2. The highest BCUT2D eigenvalue weighted by Crippen LogP contribution is 2.13. The molecule has 2 N–H and O–H groups in total. The Bertz CT molecular complexity index is 606. The van der Waals surface area contributed by atoms with Crippen molar-refractivity contribution in [1.29, 1.82) is 0 Å². The first-order valence-corrected chi connectivity index (χ1v) is 7.46. The first kappa shape index (κ1) is 14.6. The van der Waals surface area contributed by atoms with Gasteiger partial charge in [0.2, 0.25) is 0 Å². The summed E-state index contributed by atoms with van der Waals surface area (Å²) in [5.74, 6) is 0.552. The molecule has 1 fully saturated rings. The van der Waals surface area contributed by atoms with Crippen molar-refractivity contribution in [1.82, 2.24) is 10.5 Å². The Balaban J connectivity index is 1.45. The number of ether oxygens (including phenoxy) is 1. The van der Waals surface area contributed by atoms with Gasteiger partial charge in [-0.25, -0.2) is 4.79 Å². The number of nitrogens with zero attached hydrogens (tertiary/aromatic N) is 1. The zero-order chi connectivity index (χ0) is 15.2. The molecule has 1 amide bonds. The van der Waals surface area contributed by atoms with Crippen molar-refractivity contribution in [2.75, 3.05) is 11.9 Å². The van der Waals surface area contributed by atoms with E-state index in [1.165, 1.54) is 6.42 Å². The fourth-order valence-corrected chi connectivity index (χ4v) is 2.52. The van der Waals surface area contributed by atoms with Crippen LogP contribution in [0.2, 0.25) is 0 Å². The minimum atomic E-state index is -0.512. The number of carbonyl (C=O) groups is 1. The van der Waals surface area contributed by atoms with E-state index in [1.54, 1.807) is 12.1 Å². The number of hydrogen-bond acceptors (Lipinski definition) is 5. The fourth-order valence-electron chi connectivity index (χ4n) is 2.52. The molecule has 0 aliphatic carbocycles. The summed E-state index contributed by atoms with van der Waals surface area (Å²) < 4.78 is 10.3. The van der Waals surface area contributed by atoms with Crippen molar-refractivity contribution in [3.8, 4) is 0 Å². The second-order valence-electron chi connectivity index (χ2n) is 5.35. The van der Waals surface area contributed by atoms with Gasteiger partial charge >= 0.3 is 6.09 Å². The number of amides is 1. The first-order valence-electron chi connectivity index (χ1n) is 7.46. The van der Waals surface area contributed by atoms with E-state index in [2.05, 4.69) is 15.8 Å². The van der Waals surface area contributed by atoms with Gasteiger partial charge in [-0.3, -0.25) is 5.32 Å². The van der Waals surface area contributed by atoms with Gasteiger partial charge in [-0.15, -0.1) is 0 Å². The average molecular weight is 301 g/mol. The molecule has 116 valence electrons. The molecule has 1 saturated heterocycles. The van der Waals surface area contributed by atoms with Crippen molar-refractivity contribution in [2.45, 2.75) is 31.9 Å². The van der Waals surface area contributed by atoms with Crippen LogP contribution in [0.5, 0.6) is 0 Å². The van der Waals surface area contributed by atoms with Crippen molar-refractivity contribution in [3.63, 3.8) is 0 Å². The van der Waals surface area contributed by atoms with Crippen LogP contribution < -0.4 is 10.6 Å². The van der Waals surface area contributed by atoms with Crippen molar-refractivity contribution < 1.29 is 14.1 Å². The molecule has 2 heterocycles. The van der Waals surface area contributed by atoms with Gasteiger partial charge in [-0.05, 0) is 31.5 Å². The maximum atomic E-state index is 11.7. The molecule has 0 spiro atoms. The Morgan fingerprint density at radius 2 is 2.27 bits per heavy atom. The topological polar surface area (TPSA) is 76.4 Å². The molecular formula is C16H19N3O3. The molecule has 1 aromatic carbocycles. The lowest BCUT2D eigenvalue weighted by molar-refractivity contribution is 0.142. The quantitative estimate of drug-likeness (QED) is 0.888. The molecule has 0 radical (unpaired) electrons. The van der Waals surface area contributed by atoms with Gasteiger partial charge in [0.15, 0.2) is 12.4 Å². The molecule has 1 aliphatic rings. The van der Waals surface area contributed by atoms with Crippen molar-refractivity contribution in [2.24, 2.45) is 0 Å². The molecule has 1 aliphatic heterocycles. The largest absolute Gasteiger partial charge is 0.441 e. The molecule has 1 unspecified atom stereocenters. The van der Waals surface area contributed by atoms with E-state index in [0.29, 0.717) is 17.5 Å². The van der Waals surface area contributed by atoms with Crippen LogP contribution >= 0.6 is 0 Å². The summed E-state index contributed by atoms with van der Waals surface area (Å²) in [6, 6.07) is 11.5. The molecule has 6 nitrogen and oxygen atoms in total. The van der Waals surface area contributed by atoms with Crippen LogP contribution in [-0.4, -0.2) is 23.8 Å². The SMILES string of the molecule is O=C(Nc1ccccc1)OCc1cc(CC2CCCN2)no1. The molecular weight excluding hydrogens is 282 g/mol. The van der Waals surface area contributed by atoms with Crippen LogP contribution in [-0.2, 0) is 17.8 Å². The highest BCUT2D eigenvalue weighted by molar-refractivity contribution is 5.84. The molecule has 1 aromatic heterocycles. The van der Waals surface area contributed by atoms with Gasteiger partial charge in [0, 0.05) is 24.2 Å². The van der Waals surface area contributed by atoms with Crippen LogP contribution in [0.1, 0.15) is 24.3 Å². The van der Waals surface area contributed by atoms with Crippen LogP contribution in [0.15, 0.2) is 40.9 Å². The molecule has 1 atom stereocenters. The molecule has 0 saturated carbocycles. The van der Waals surface area contributed by atoms with Gasteiger partial charge < -0.3 is 14.6 Å². The molecule has 6 heteroatoms. The number of carbonyl (C=O) groups excluding carboxylic acids is 1. The summed E-state index contributed by atoms with van der Waals surface area (Å²) in [5.41, 5.74) is 1.58. The third kappa shape index (κ3) is 4.08. The third-order valence-corrected chi connectivity index (χ3v) is 3.59. The Morgan fingerprint density at radius 1 is 1.41 bits per heavy atom. The van der Waals surface area contributed by atoms with Crippen molar-refractivity contribution in [3.05, 3.63) is 47.9 Å². The second-order valence-corrected chi connectivity index (χ2v) is 5.35.